The van der Waals surface area contributed by atoms with Crippen molar-refractivity contribution in [1.82, 2.24) is 5.32 Å². The molecular weight excluding hydrogens is 450 g/mol. The Bertz CT molecular complexity index is 1500. The van der Waals surface area contributed by atoms with E-state index in [9.17, 15) is 0 Å². The molecule has 5 aromatic carbocycles. The van der Waals surface area contributed by atoms with Gasteiger partial charge in [-0.1, -0.05) is 121 Å². The molecule has 1 aliphatic heterocycles. The van der Waals surface area contributed by atoms with Crippen LogP contribution in [0.4, 0.5) is 0 Å². The Morgan fingerprint density at radius 3 is 1.62 bits per heavy atom. The predicted molar refractivity (Wildman–Crippen MR) is 150 cm³/mol. The lowest BCUT2D eigenvalue weighted by Gasteiger charge is -2.40. The molecule has 1 N–H and O–H groups in total. The highest BCUT2D eigenvalue weighted by Gasteiger charge is 2.61. The molecule has 0 bridgehead atoms. The molecule has 1 heterocycles. The maximum absolute atomic E-state index is 5.55. The molecule has 1 saturated heterocycles. The lowest BCUT2D eigenvalue weighted by molar-refractivity contribution is 0.410. The Morgan fingerprint density at radius 2 is 1.05 bits per heavy atom. The average molecular weight is 480 g/mol. The standard InChI is InChI=1S/C35H29NO/c1-37-27-22-20-24(21-23-27)32-33(25-12-4-2-5-13-25)36-34(26-14-6-3-7-15-26)35(32)30-18-10-8-16-28(30)29-17-9-11-19-31(29)35/h2-23,32-34,36H,1H3/t32-,33-,34-/m1/s1. The quantitative estimate of drug-likeness (QED) is 0.284. The zero-order valence-corrected chi connectivity index (χ0v) is 20.8. The zero-order valence-electron chi connectivity index (χ0n) is 20.8. The van der Waals surface area contributed by atoms with E-state index in [1.165, 1.54) is 38.9 Å². The third-order valence-electron chi connectivity index (χ3n) is 8.43. The highest BCUT2D eigenvalue weighted by Crippen LogP contribution is 2.67. The van der Waals surface area contributed by atoms with Crippen molar-refractivity contribution >= 4 is 0 Å². The van der Waals surface area contributed by atoms with E-state index in [0.29, 0.717) is 0 Å². The summed E-state index contributed by atoms with van der Waals surface area (Å²) in [5, 5.41) is 4.18. The molecule has 2 nitrogen and oxygen atoms in total. The van der Waals surface area contributed by atoms with Gasteiger partial charge in [-0.05, 0) is 51.1 Å². The first-order valence-corrected chi connectivity index (χ1v) is 13.0. The van der Waals surface area contributed by atoms with Gasteiger partial charge < -0.3 is 10.1 Å². The normalized spacial score (nSPS) is 20.9. The molecule has 2 heteroatoms. The summed E-state index contributed by atoms with van der Waals surface area (Å²) in [4.78, 5) is 0. The van der Waals surface area contributed by atoms with Crippen LogP contribution >= 0.6 is 0 Å². The van der Waals surface area contributed by atoms with Crippen LogP contribution in [0.3, 0.4) is 0 Å². The second kappa shape index (κ2) is 8.76. The molecule has 0 saturated carbocycles. The van der Waals surface area contributed by atoms with Crippen molar-refractivity contribution in [3.8, 4) is 16.9 Å². The van der Waals surface area contributed by atoms with Gasteiger partial charge in [0.25, 0.3) is 0 Å². The fourth-order valence-corrected chi connectivity index (χ4v) is 7.02. The van der Waals surface area contributed by atoms with E-state index in [4.69, 9.17) is 4.74 Å². The summed E-state index contributed by atoms with van der Waals surface area (Å²) in [6, 6.07) is 49.0. The van der Waals surface area contributed by atoms with Crippen LogP contribution in [-0.4, -0.2) is 7.11 Å². The molecule has 3 atom stereocenters. The number of methoxy groups -OCH3 is 1. The van der Waals surface area contributed by atoms with Gasteiger partial charge in [-0.15, -0.1) is 0 Å². The number of rotatable bonds is 4. The molecule has 37 heavy (non-hydrogen) atoms. The van der Waals surface area contributed by atoms with Crippen LogP contribution in [0.15, 0.2) is 133 Å². The fraction of sp³-hybridized carbons (Fsp3) is 0.143. The molecule has 1 aliphatic carbocycles. The van der Waals surface area contributed by atoms with Crippen LogP contribution in [0, 0.1) is 0 Å². The Balaban J connectivity index is 1.58. The number of hydrogen-bond donors (Lipinski definition) is 1. The van der Waals surface area contributed by atoms with Crippen LogP contribution in [0.25, 0.3) is 11.1 Å². The Hall–Kier alpha value is -4.14. The van der Waals surface area contributed by atoms with Gasteiger partial charge in [0.15, 0.2) is 0 Å². The van der Waals surface area contributed by atoms with Crippen LogP contribution < -0.4 is 10.1 Å². The number of ether oxygens (including phenoxy) is 1. The van der Waals surface area contributed by atoms with Gasteiger partial charge in [-0.2, -0.15) is 0 Å². The number of hydrogen-bond acceptors (Lipinski definition) is 2. The first-order chi connectivity index (χ1) is 18.3. The number of benzene rings is 5. The minimum absolute atomic E-state index is 0.0933. The summed E-state index contributed by atoms with van der Waals surface area (Å²) >= 11 is 0. The lowest BCUT2D eigenvalue weighted by atomic mass is 9.61. The maximum atomic E-state index is 5.55. The van der Waals surface area contributed by atoms with E-state index in [-0.39, 0.29) is 23.4 Å². The fourth-order valence-electron chi connectivity index (χ4n) is 7.02. The minimum atomic E-state index is -0.288. The first kappa shape index (κ1) is 22.1. The molecular formula is C35H29NO. The highest BCUT2D eigenvalue weighted by molar-refractivity contribution is 5.83. The van der Waals surface area contributed by atoms with Gasteiger partial charge in [0.05, 0.1) is 7.11 Å². The van der Waals surface area contributed by atoms with Crippen molar-refractivity contribution in [2.24, 2.45) is 0 Å². The lowest BCUT2D eigenvalue weighted by Crippen LogP contribution is -2.36. The van der Waals surface area contributed by atoms with Crippen LogP contribution in [0.2, 0.25) is 0 Å². The number of fused-ring (bicyclic) bond motifs is 5. The van der Waals surface area contributed by atoms with Gasteiger partial charge in [0.2, 0.25) is 0 Å². The monoisotopic (exact) mass is 479 g/mol. The SMILES string of the molecule is COc1ccc([C@@H]2[C@@H](c3ccccc3)N[C@H](c3ccccc3)C23c2ccccc2-c2ccccc23)cc1. The highest BCUT2D eigenvalue weighted by atomic mass is 16.5. The van der Waals surface area contributed by atoms with Gasteiger partial charge in [0, 0.05) is 23.4 Å². The minimum Gasteiger partial charge on any atom is -0.497 e. The molecule has 1 spiro atoms. The van der Waals surface area contributed by atoms with Gasteiger partial charge >= 0.3 is 0 Å². The summed E-state index contributed by atoms with van der Waals surface area (Å²) in [6.45, 7) is 0. The molecule has 0 amide bonds. The Kier molecular flexibility index (Phi) is 5.23. The largest absolute Gasteiger partial charge is 0.497 e. The van der Waals surface area contributed by atoms with Crippen LogP contribution in [0.1, 0.15) is 45.8 Å². The first-order valence-electron chi connectivity index (χ1n) is 13.0. The third-order valence-corrected chi connectivity index (χ3v) is 8.43. The second-order valence-electron chi connectivity index (χ2n) is 10.1. The molecule has 180 valence electrons. The van der Waals surface area contributed by atoms with Gasteiger partial charge in [0.1, 0.15) is 5.75 Å². The summed E-state index contributed by atoms with van der Waals surface area (Å²) < 4.78 is 5.55. The average Bonchev–Trinajstić information content (AvgIpc) is 3.49. The summed E-state index contributed by atoms with van der Waals surface area (Å²) in [6.07, 6.45) is 0. The van der Waals surface area contributed by atoms with Gasteiger partial charge in [-0.25, -0.2) is 0 Å². The van der Waals surface area contributed by atoms with Crippen molar-refractivity contribution in [1.29, 1.82) is 0 Å². The maximum Gasteiger partial charge on any atom is 0.118 e. The van der Waals surface area contributed by atoms with Crippen molar-refractivity contribution < 1.29 is 4.74 Å². The van der Waals surface area contributed by atoms with Crippen LogP contribution in [-0.2, 0) is 5.41 Å². The molecule has 2 aliphatic rings. The summed E-state index contributed by atoms with van der Waals surface area (Å²) in [5.74, 6) is 1.04. The van der Waals surface area contributed by atoms with E-state index in [0.717, 1.165) is 5.75 Å². The van der Waals surface area contributed by atoms with Crippen molar-refractivity contribution in [3.05, 3.63) is 161 Å². The van der Waals surface area contributed by atoms with E-state index < -0.39 is 0 Å². The molecule has 7 rings (SSSR count). The Morgan fingerprint density at radius 1 is 0.541 bits per heavy atom. The van der Waals surface area contributed by atoms with Gasteiger partial charge in [-0.3, -0.25) is 0 Å². The molecule has 0 radical (unpaired) electrons. The van der Waals surface area contributed by atoms with Crippen molar-refractivity contribution in [2.45, 2.75) is 23.4 Å². The smallest absolute Gasteiger partial charge is 0.118 e. The van der Waals surface area contributed by atoms with E-state index in [1.807, 2.05) is 0 Å². The van der Waals surface area contributed by atoms with E-state index in [1.54, 1.807) is 7.11 Å². The summed E-state index contributed by atoms with van der Waals surface area (Å²) in [5.41, 5.74) is 9.12. The molecule has 0 unspecified atom stereocenters. The van der Waals surface area contributed by atoms with Crippen molar-refractivity contribution in [3.63, 3.8) is 0 Å². The van der Waals surface area contributed by atoms with Crippen LogP contribution in [0.5, 0.6) is 5.75 Å². The molecule has 0 aromatic heterocycles. The number of nitrogens with one attached hydrogen (secondary N) is 1. The summed E-state index contributed by atoms with van der Waals surface area (Å²) in [7, 11) is 1.73. The predicted octanol–water partition coefficient (Wildman–Crippen LogP) is 7.83. The molecule has 5 aromatic rings. The third kappa shape index (κ3) is 3.22. The van der Waals surface area contributed by atoms with Crippen molar-refractivity contribution in [2.75, 3.05) is 7.11 Å². The zero-order chi connectivity index (χ0) is 24.8. The second-order valence-corrected chi connectivity index (χ2v) is 10.1. The van der Waals surface area contributed by atoms with E-state index in [2.05, 4.69) is 139 Å². The molecule has 1 fully saturated rings. The Labute approximate surface area is 218 Å². The topological polar surface area (TPSA) is 21.3 Å². The van der Waals surface area contributed by atoms with E-state index >= 15 is 0 Å².